The van der Waals surface area contributed by atoms with Crippen LogP contribution in [-0.2, 0) is 4.74 Å². The lowest BCUT2D eigenvalue weighted by atomic mass is 10.0. The van der Waals surface area contributed by atoms with Crippen molar-refractivity contribution in [3.8, 4) is 6.01 Å². The molecule has 0 amide bonds. The van der Waals surface area contributed by atoms with Crippen molar-refractivity contribution in [1.82, 2.24) is 15.0 Å². The van der Waals surface area contributed by atoms with Crippen LogP contribution >= 0.6 is 34.2 Å². The van der Waals surface area contributed by atoms with Gasteiger partial charge in [0.25, 0.3) is 6.01 Å². The lowest BCUT2D eigenvalue weighted by Crippen LogP contribution is -2.45. The largest absolute Gasteiger partial charge is 0.459 e. The highest BCUT2D eigenvalue weighted by Crippen LogP contribution is 2.24. The van der Waals surface area contributed by atoms with Gasteiger partial charge in [0.2, 0.25) is 0 Å². The van der Waals surface area contributed by atoms with Crippen molar-refractivity contribution < 1.29 is 19.7 Å². The van der Waals surface area contributed by atoms with Crippen LogP contribution in [0, 0.1) is 3.70 Å². The Morgan fingerprint density at radius 2 is 2.33 bits per heavy atom. The van der Waals surface area contributed by atoms with Gasteiger partial charge in [-0.1, -0.05) is 11.6 Å². The SMILES string of the molecule is OC[C@H]1OC[C@H](Oc2nc3nc(I)c(Cl)cc3[nH]2)C[C@@H]1O. The first-order chi connectivity index (χ1) is 10.1. The molecular formula is C12H13ClIN3O4. The number of nitrogens with zero attached hydrogens (tertiary/aromatic N) is 2. The minimum Gasteiger partial charge on any atom is -0.459 e. The zero-order chi connectivity index (χ0) is 15.0. The Bertz CT molecular complexity index is 614. The highest BCUT2D eigenvalue weighted by Gasteiger charge is 2.31. The van der Waals surface area contributed by atoms with Gasteiger partial charge in [-0.3, -0.25) is 0 Å². The number of aromatic amines is 1. The van der Waals surface area contributed by atoms with Crippen molar-refractivity contribution in [3.63, 3.8) is 0 Å². The molecule has 3 heterocycles. The summed E-state index contributed by atoms with van der Waals surface area (Å²) in [5.74, 6) is 0. The number of H-pyrrole nitrogens is 1. The molecule has 0 radical (unpaired) electrons. The lowest BCUT2D eigenvalue weighted by molar-refractivity contribution is -0.131. The summed E-state index contributed by atoms with van der Waals surface area (Å²) < 4.78 is 11.7. The van der Waals surface area contributed by atoms with E-state index < -0.39 is 12.2 Å². The molecule has 0 bridgehead atoms. The Balaban J connectivity index is 1.73. The molecule has 1 fully saturated rings. The molecule has 0 spiro atoms. The summed E-state index contributed by atoms with van der Waals surface area (Å²) in [4.78, 5) is 11.5. The predicted octanol–water partition coefficient (Wildman–Crippen LogP) is 1.11. The molecule has 7 nitrogen and oxygen atoms in total. The molecular weight excluding hydrogens is 413 g/mol. The number of halogens is 2. The Labute approximate surface area is 138 Å². The number of hydrogen-bond acceptors (Lipinski definition) is 6. The molecule has 21 heavy (non-hydrogen) atoms. The van der Waals surface area contributed by atoms with Gasteiger partial charge < -0.3 is 24.7 Å². The van der Waals surface area contributed by atoms with Crippen molar-refractivity contribution in [2.24, 2.45) is 0 Å². The number of fused-ring (bicyclic) bond motifs is 1. The fourth-order valence-corrected chi connectivity index (χ4v) is 2.71. The number of hydrogen-bond donors (Lipinski definition) is 3. The molecule has 0 aromatic carbocycles. The van der Waals surface area contributed by atoms with Crippen molar-refractivity contribution >= 4 is 45.4 Å². The Hall–Kier alpha value is -0.680. The number of aliphatic hydroxyl groups excluding tert-OH is 2. The van der Waals surface area contributed by atoms with Crippen LogP contribution in [0.2, 0.25) is 5.02 Å². The standard InChI is InChI=1S/C12H13ClIN3O4/c13-6-2-7-11(16-10(6)14)17-12(15-7)21-5-1-8(19)9(3-18)20-4-5/h2,5,8-9,18-19H,1,3-4H2,(H,15,16,17)/t5-,8+,9-/m1/s1. The topological polar surface area (TPSA) is 100 Å². The fourth-order valence-electron chi connectivity index (χ4n) is 2.18. The van der Waals surface area contributed by atoms with E-state index in [0.717, 1.165) is 0 Å². The molecule has 3 rings (SSSR count). The number of rotatable bonds is 3. The molecule has 3 atom stereocenters. The van der Waals surface area contributed by atoms with E-state index >= 15 is 0 Å². The molecule has 0 saturated carbocycles. The normalized spacial score (nSPS) is 26.2. The van der Waals surface area contributed by atoms with Crippen LogP contribution in [-0.4, -0.2) is 56.7 Å². The summed E-state index contributed by atoms with van der Waals surface area (Å²) in [5, 5.41) is 19.4. The third kappa shape index (κ3) is 3.24. The molecule has 1 saturated heterocycles. The van der Waals surface area contributed by atoms with E-state index in [4.69, 9.17) is 26.2 Å². The average molecular weight is 426 g/mol. The molecule has 1 aliphatic heterocycles. The van der Waals surface area contributed by atoms with Crippen LogP contribution in [0.25, 0.3) is 11.2 Å². The Morgan fingerprint density at radius 3 is 3.05 bits per heavy atom. The fraction of sp³-hybridized carbons (Fsp3) is 0.500. The number of pyridine rings is 1. The average Bonchev–Trinajstić information content (AvgIpc) is 2.81. The molecule has 0 unspecified atom stereocenters. The summed E-state index contributed by atoms with van der Waals surface area (Å²) >= 11 is 8.04. The van der Waals surface area contributed by atoms with Gasteiger partial charge in [-0.25, -0.2) is 4.98 Å². The minimum atomic E-state index is -0.758. The lowest BCUT2D eigenvalue weighted by Gasteiger charge is -2.31. The first-order valence-electron chi connectivity index (χ1n) is 6.35. The highest BCUT2D eigenvalue weighted by atomic mass is 127. The Kier molecular flexibility index (Phi) is 4.50. The first-order valence-corrected chi connectivity index (χ1v) is 7.81. The predicted molar refractivity (Wildman–Crippen MR) is 83.5 cm³/mol. The van der Waals surface area contributed by atoms with E-state index in [9.17, 15) is 5.11 Å². The maximum absolute atomic E-state index is 9.80. The number of aromatic nitrogens is 3. The van der Waals surface area contributed by atoms with E-state index in [2.05, 4.69) is 15.0 Å². The van der Waals surface area contributed by atoms with E-state index in [1.165, 1.54) is 0 Å². The second-order valence-electron chi connectivity index (χ2n) is 4.77. The van der Waals surface area contributed by atoms with Crippen LogP contribution in [0.15, 0.2) is 6.07 Å². The third-order valence-corrected chi connectivity index (χ3v) is 4.68. The van der Waals surface area contributed by atoms with Crippen LogP contribution in [0.3, 0.4) is 0 Å². The maximum Gasteiger partial charge on any atom is 0.296 e. The number of nitrogens with one attached hydrogen (secondary N) is 1. The second-order valence-corrected chi connectivity index (χ2v) is 6.20. The summed E-state index contributed by atoms with van der Waals surface area (Å²) in [6, 6.07) is 2.04. The van der Waals surface area contributed by atoms with Crippen LogP contribution in [0.1, 0.15) is 6.42 Å². The van der Waals surface area contributed by atoms with Crippen molar-refractivity contribution in [2.75, 3.05) is 13.2 Å². The molecule has 2 aromatic heterocycles. The van der Waals surface area contributed by atoms with E-state index in [1.54, 1.807) is 6.07 Å². The molecule has 1 aliphatic rings. The van der Waals surface area contributed by atoms with E-state index in [1.807, 2.05) is 22.6 Å². The number of ether oxygens (including phenoxy) is 2. The molecule has 114 valence electrons. The number of imidazole rings is 1. The summed E-state index contributed by atoms with van der Waals surface area (Å²) in [6.07, 6.45) is -1.28. The zero-order valence-electron chi connectivity index (χ0n) is 10.8. The van der Waals surface area contributed by atoms with Gasteiger partial charge in [-0.05, 0) is 28.7 Å². The summed E-state index contributed by atoms with van der Waals surface area (Å²) in [7, 11) is 0. The second kappa shape index (κ2) is 6.21. The molecule has 0 aliphatic carbocycles. The maximum atomic E-state index is 9.80. The van der Waals surface area contributed by atoms with Crippen LogP contribution < -0.4 is 4.74 Å². The van der Waals surface area contributed by atoms with Crippen molar-refractivity contribution in [2.45, 2.75) is 24.7 Å². The third-order valence-electron chi connectivity index (χ3n) is 3.25. The molecule has 3 N–H and O–H groups in total. The van der Waals surface area contributed by atoms with E-state index in [0.29, 0.717) is 32.3 Å². The van der Waals surface area contributed by atoms with Gasteiger partial charge in [-0.2, -0.15) is 4.98 Å². The van der Waals surface area contributed by atoms with Gasteiger partial charge in [0.15, 0.2) is 5.65 Å². The molecule has 9 heteroatoms. The summed E-state index contributed by atoms with van der Waals surface area (Å²) in [5.41, 5.74) is 1.20. The van der Waals surface area contributed by atoms with Gasteiger partial charge in [0, 0.05) is 6.42 Å². The van der Waals surface area contributed by atoms with Crippen LogP contribution in [0.5, 0.6) is 6.01 Å². The van der Waals surface area contributed by atoms with Crippen LogP contribution in [0.4, 0.5) is 0 Å². The van der Waals surface area contributed by atoms with Crippen molar-refractivity contribution in [1.29, 1.82) is 0 Å². The number of aliphatic hydroxyl groups is 2. The minimum absolute atomic E-state index is 0.209. The molecule has 2 aromatic rings. The monoisotopic (exact) mass is 425 g/mol. The highest BCUT2D eigenvalue weighted by molar-refractivity contribution is 14.1. The van der Waals surface area contributed by atoms with Gasteiger partial charge in [0.05, 0.1) is 29.9 Å². The van der Waals surface area contributed by atoms with Gasteiger partial charge >= 0.3 is 0 Å². The Morgan fingerprint density at radius 1 is 1.52 bits per heavy atom. The van der Waals surface area contributed by atoms with E-state index in [-0.39, 0.29) is 19.3 Å². The zero-order valence-corrected chi connectivity index (χ0v) is 13.7. The van der Waals surface area contributed by atoms with Gasteiger partial charge in [-0.15, -0.1) is 0 Å². The first kappa shape index (κ1) is 15.2. The summed E-state index contributed by atoms with van der Waals surface area (Å²) in [6.45, 7) is 0.0738. The smallest absolute Gasteiger partial charge is 0.296 e. The van der Waals surface area contributed by atoms with Crippen molar-refractivity contribution in [3.05, 3.63) is 14.8 Å². The quantitative estimate of drug-likeness (QED) is 0.503. The van der Waals surface area contributed by atoms with Gasteiger partial charge in [0.1, 0.15) is 15.9 Å².